The van der Waals surface area contributed by atoms with Gasteiger partial charge in [-0.15, -0.1) is 0 Å². The fraction of sp³-hybridized carbons (Fsp3) is 0.143. The Morgan fingerprint density at radius 3 is 2.19 bits per heavy atom. The molecule has 21 heavy (non-hydrogen) atoms. The maximum absolute atomic E-state index is 13.0. The first-order valence-corrected chi connectivity index (χ1v) is 8.30. The molecular weight excluding hydrogens is 364 g/mol. The molecule has 0 aliphatic carbocycles. The minimum Gasteiger partial charge on any atom is -0.207 e. The molecule has 3 nitrogen and oxygen atoms in total. The maximum atomic E-state index is 13.0. The van der Waals surface area contributed by atoms with Crippen molar-refractivity contribution in [2.24, 2.45) is 0 Å². The summed E-state index contributed by atoms with van der Waals surface area (Å²) in [6.07, 6.45) is 0. The summed E-state index contributed by atoms with van der Waals surface area (Å²) in [6, 6.07) is 8.30. The standard InChI is InChI=1S/C14H12BrF2NO2S/c1-9(10-2-4-11(16)5-3-10)18-21(19,20)14-7-6-12(17)8-13(14)15/h2-9,18H,1H3. The van der Waals surface area contributed by atoms with E-state index >= 15 is 0 Å². The van der Waals surface area contributed by atoms with E-state index in [4.69, 9.17) is 0 Å². The van der Waals surface area contributed by atoms with Gasteiger partial charge >= 0.3 is 0 Å². The van der Waals surface area contributed by atoms with E-state index in [1.807, 2.05) is 0 Å². The van der Waals surface area contributed by atoms with Crippen LogP contribution in [0.3, 0.4) is 0 Å². The molecule has 112 valence electrons. The maximum Gasteiger partial charge on any atom is 0.242 e. The van der Waals surface area contributed by atoms with Gasteiger partial charge in [-0.3, -0.25) is 0 Å². The molecule has 2 aromatic carbocycles. The molecule has 2 aromatic rings. The zero-order chi connectivity index (χ0) is 15.6. The van der Waals surface area contributed by atoms with Crippen LogP contribution in [0, 0.1) is 11.6 Å². The smallest absolute Gasteiger partial charge is 0.207 e. The molecule has 0 amide bonds. The van der Waals surface area contributed by atoms with Crippen molar-refractivity contribution < 1.29 is 17.2 Å². The second-order valence-corrected chi connectivity index (χ2v) is 7.01. The van der Waals surface area contributed by atoms with E-state index < -0.39 is 27.7 Å². The van der Waals surface area contributed by atoms with Gasteiger partial charge in [0.2, 0.25) is 10.0 Å². The van der Waals surface area contributed by atoms with Crippen molar-refractivity contribution in [2.75, 3.05) is 0 Å². The van der Waals surface area contributed by atoms with Crippen LogP contribution in [0.5, 0.6) is 0 Å². The summed E-state index contributed by atoms with van der Waals surface area (Å²) in [4.78, 5) is -0.0575. The molecule has 0 saturated carbocycles. The number of nitrogens with one attached hydrogen (secondary N) is 1. The number of sulfonamides is 1. The lowest BCUT2D eigenvalue weighted by Crippen LogP contribution is -2.27. The topological polar surface area (TPSA) is 46.2 Å². The molecule has 0 spiro atoms. The van der Waals surface area contributed by atoms with Crippen LogP contribution in [0.4, 0.5) is 8.78 Å². The number of hydrogen-bond donors (Lipinski definition) is 1. The summed E-state index contributed by atoms with van der Waals surface area (Å²) in [5.41, 5.74) is 0.623. The molecule has 1 unspecified atom stereocenters. The summed E-state index contributed by atoms with van der Waals surface area (Å²) in [6.45, 7) is 1.64. The van der Waals surface area contributed by atoms with Gasteiger partial charge in [0.25, 0.3) is 0 Å². The summed E-state index contributed by atoms with van der Waals surface area (Å²) in [7, 11) is -3.82. The van der Waals surface area contributed by atoms with Gasteiger partial charge < -0.3 is 0 Å². The van der Waals surface area contributed by atoms with Crippen LogP contribution in [-0.4, -0.2) is 8.42 Å². The van der Waals surface area contributed by atoms with E-state index in [-0.39, 0.29) is 9.37 Å². The molecule has 0 heterocycles. The van der Waals surface area contributed by atoms with E-state index in [9.17, 15) is 17.2 Å². The highest BCUT2D eigenvalue weighted by Gasteiger charge is 2.21. The third-order valence-corrected chi connectivity index (χ3v) is 5.40. The third-order valence-electron chi connectivity index (χ3n) is 2.89. The van der Waals surface area contributed by atoms with Crippen molar-refractivity contribution in [3.05, 3.63) is 64.1 Å². The van der Waals surface area contributed by atoms with E-state index in [1.165, 1.54) is 30.3 Å². The first-order valence-electron chi connectivity index (χ1n) is 6.02. The molecule has 2 rings (SSSR count). The number of benzene rings is 2. The van der Waals surface area contributed by atoms with Crippen LogP contribution in [0.15, 0.2) is 51.8 Å². The Kier molecular flexibility index (Phi) is 4.75. The Morgan fingerprint density at radius 2 is 1.62 bits per heavy atom. The SMILES string of the molecule is CC(NS(=O)(=O)c1ccc(F)cc1Br)c1ccc(F)cc1. The van der Waals surface area contributed by atoms with Crippen molar-refractivity contribution >= 4 is 26.0 Å². The average molecular weight is 376 g/mol. The fourth-order valence-corrected chi connectivity index (χ4v) is 4.09. The lowest BCUT2D eigenvalue weighted by Gasteiger charge is -2.15. The molecule has 0 fully saturated rings. The average Bonchev–Trinajstić information content (AvgIpc) is 2.38. The quantitative estimate of drug-likeness (QED) is 0.883. The zero-order valence-corrected chi connectivity index (χ0v) is 13.4. The molecular formula is C14H12BrF2NO2S. The third kappa shape index (κ3) is 3.87. The summed E-state index contributed by atoms with van der Waals surface area (Å²) >= 11 is 3.03. The normalized spacial score (nSPS) is 13.1. The van der Waals surface area contributed by atoms with Crippen LogP contribution in [-0.2, 0) is 10.0 Å². The Labute approximate surface area is 130 Å². The summed E-state index contributed by atoms with van der Waals surface area (Å²) < 4.78 is 53.0. The zero-order valence-electron chi connectivity index (χ0n) is 11.0. The second-order valence-electron chi connectivity index (χ2n) is 4.47. The van der Waals surface area contributed by atoms with Gasteiger partial charge in [0.15, 0.2) is 0 Å². The van der Waals surface area contributed by atoms with Crippen LogP contribution >= 0.6 is 15.9 Å². The summed E-state index contributed by atoms with van der Waals surface area (Å²) in [5.74, 6) is -0.928. The number of hydrogen-bond acceptors (Lipinski definition) is 2. The lowest BCUT2D eigenvalue weighted by molar-refractivity contribution is 0.565. The molecule has 0 saturated heterocycles. The number of halogens is 3. The minimum absolute atomic E-state index is 0.0575. The molecule has 0 aromatic heterocycles. The Morgan fingerprint density at radius 1 is 1.05 bits per heavy atom. The Bertz CT molecular complexity index is 748. The van der Waals surface area contributed by atoms with E-state index in [0.717, 1.165) is 12.1 Å². The van der Waals surface area contributed by atoms with Crippen molar-refractivity contribution in [1.82, 2.24) is 4.72 Å². The molecule has 1 atom stereocenters. The van der Waals surface area contributed by atoms with E-state index in [0.29, 0.717) is 5.56 Å². The monoisotopic (exact) mass is 375 g/mol. The van der Waals surface area contributed by atoms with Crippen LogP contribution in [0.1, 0.15) is 18.5 Å². The van der Waals surface area contributed by atoms with Crippen LogP contribution in [0.25, 0.3) is 0 Å². The van der Waals surface area contributed by atoms with Gasteiger partial charge in [-0.2, -0.15) is 0 Å². The first-order chi connectivity index (χ1) is 9.79. The van der Waals surface area contributed by atoms with Gasteiger partial charge in [-0.1, -0.05) is 12.1 Å². The van der Waals surface area contributed by atoms with Crippen molar-refractivity contribution in [3.8, 4) is 0 Å². The second kappa shape index (κ2) is 6.21. The predicted molar refractivity (Wildman–Crippen MR) is 79.2 cm³/mol. The Hall–Kier alpha value is -1.31. The van der Waals surface area contributed by atoms with E-state index in [2.05, 4.69) is 20.7 Å². The molecule has 7 heteroatoms. The molecule has 0 aliphatic rings. The largest absolute Gasteiger partial charge is 0.242 e. The van der Waals surface area contributed by atoms with Gasteiger partial charge in [0.05, 0.1) is 4.90 Å². The van der Waals surface area contributed by atoms with Gasteiger partial charge in [0.1, 0.15) is 11.6 Å². The molecule has 1 N–H and O–H groups in total. The Balaban J connectivity index is 2.26. The molecule has 0 radical (unpaired) electrons. The number of rotatable bonds is 4. The first kappa shape index (κ1) is 16.1. The van der Waals surface area contributed by atoms with Crippen molar-refractivity contribution in [3.63, 3.8) is 0 Å². The highest BCUT2D eigenvalue weighted by Crippen LogP contribution is 2.24. The van der Waals surface area contributed by atoms with E-state index in [1.54, 1.807) is 6.92 Å². The summed E-state index contributed by atoms with van der Waals surface area (Å²) in [5, 5.41) is 0. The van der Waals surface area contributed by atoms with Crippen LogP contribution < -0.4 is 4.72 Å². The minimum atomic E-state index is -3.82. The van der Waals surface area contributed by atoms with Gasteiger partial charge in [-0.25, -0.2) is 21.9 Å². The van der Waals surface area contributed by atoms with Crippen molar-refractivity contribution in [1.29, 1.82) is 0 Å². The van der Waals surface area contributed by atoms with Crippen molar-refractivity contribution in [2.45, 2.75) is 17.9 Å². The van der Waals surface area contributed by atoms with Gasteiger partial charge in [0, 0.05) is 10.5 Å². The molecule has 0 bridgehead atoms. The van der Waals surface area contributed by atoms with Crippen LogP contribution in [0.2, 0.25) is 0 Å². The molecule has 0 aliphatic heterocycles. The fourth-order valence-electron chi connectivity index (χ4n) is 1.81. The predicted octanol–water partition coefficient (Wildman–Crippen LogP) is 3.77. The lowest BCUT2D eigenvalue weighted by atomic mass is 10.1. The van der Waals surface area contributed by atoms with Gasteiger partial charge in [-0.05, 0) is 58.7 Å². The highest BCUT2D eigenvalue weighted by atomic mass is 79.9. The highest BCUT2D eigenvalue weighted by molar-refractivity contribution is 9.10.